The molecule has 1 aliphatic rings. The van der Waals surface area contributed by atoms with E-state index in [9.17, 15) is 5.11 Å². The van der Waals surface area contributed by atoms with E-state index in [1.807, 2.05) is 12.1 Å². The molecule has 3 nitrogen and oxygen atoms in total. The summed E-state index contributed by atoms with van der Waals surface area (Å²) >= 11 is 0. The molecule has 1 aromatic carbocycles. The summed E-state index contributed by atoms with van der Waals surface area (Å²) in [5.41, 5.74) is 1.14. The number of ether oxygens (including phenoxy) is 1. The fourth-order valence-electron chi connectivity index (χ4n) is 2.32. The van der Waals surface area contributed by atoms with Crippen molar-refractivity contribution < 1.29 is 9.84 Å². The number of benzene rings is 1. The van der Waals surface area contributed by atoms with Crippen LogP contribution in [0.2, 0.25) is 0 Å². The van der Waals surface area contributed by atoms with Crippen LogP contribution in [-0.4, -0.2) is 23.9 Å². The molecule has 0 heterocycles. The van der Waals surface area contributed by atoms with Gasteiger partial charge in [0.2, 0.25) is 0 Å². The molecule has 2 N–H and O–H groups in total. The first-order valence-corrected chi connectivity index (χ1v) is 6.95. The molecule has 0 aliphatic heterocycles. The highest BCUT2D eigenvalue weighted by Gasteiger charge is 2.18. The summed E-state index contributed by atoms with van der Waals surface area (Å²) in [6.45, 7) is 2.88. The Morgan fingerprint density at radius 1 is 1.17 bits per heavy atom. The second kappa shape index (κ2) is 6.64. The molecule has 3 heteroatoms. The van der Waals surface area contributed by atoms with Crippen molar-refractivity contribution in [2.75, 3.05) is 11.9 Å². The fraction of sp³-hybridized carbons (Fsp3) is 0.600. The zero-order chi connectivity index (χ0) is 12.8. The van der Waals surface area contributed by atoms with E-state index < -0.39 is 0 Å². The molecule has 18 heavy (non-hydrogen) atoms. The van der Waals surface area contributed by atoms with Crippen LogP contribution in [0.4, 0.5) is 5.69 Å². The summed E-state index contributed by atoms with van der Waals surface area (Å²) in [6, 6.07) is 8.65. The van der Waals surface area contributed by atoms with Gasteiger partial charge in [-0.2, -0.15) is 0 Å². The lowest BCUT2D eigenvalue weighted by Crippen LogP contribution is -2.28. The molecule has 1 aromatic rings. The summed E-state index contributed by atoms with van der Waals surface area (Å²) in [4.78, 5) is 0. The van der Waals surface area contributed by atoms with Crippen LogP contribution in [0.15, 0.2) is 24.3 Å². The molecule has 100 valence electrons. The van der Waals surface area contributed by atoms with E-state index >= 15 is 0 Å². The lowest BCUT2D eigenvalue weighted by atomic mass is 9.93. The highest BCUT2D eigenvalue weighted by Crippen LogP contribution is 2.23. The molecule has 0 atom stereocenters. The Morgan fingerprint density at radius 2 is 1.83 bits per heavy atom. The van der Waals surface area contributed by atoms with Crippen LogP contribution < -0.4 is 10.1 Å². The van der Waals surface area contributed by atoms with E-state index in [1.165, 1.54) is 0 Å². The van der Waals surface area contributed by atoms with Gasteiger partial charge in [-0.3, -0.25) is 0 Å². The standard InChI is InChI=1S/C15H23NO2/c1-2-11-18-15-9-5-13(6-10-15)16-12-3-7-14(17)8-4-12/h5-6,9-10,12,14,16-17H,2-4,7-8,11H2,1H3. The lowest BCUT2D eigenvalue weighted by Gasteiger charge is -2.27. The van der Waals surface area contributed by atoms with Crippen molar-refractivity contribution in [1.82, 2.24) is 0 Å². The highest BCUT2D eigenvalue weighted by atomic mass is 16.5. The molecule has 0 bridgehead atoms. The molecule has 1 fully saturated rings. The van der Waals surface area contributed by atoms with E-state index in [0.29, 0.717) is 6.04 Å². The van der Waals surface area contributed by atoms with Crippen molar-refractivity contribution in [1.29, 1.82) is 0 Å². The molecule has 1 aliphatic carbocycles. The quantitative estimate of drug-likeness (QED) is 0.842. The number of anilines is 1. The third-order valence-corrected chi connectivity index (χ3v) is 3.39. The van der Waals surface area contributed by atoms with Crippen LogP contribution in [0, 0.1) is 0 Å². The predicted molar refractivity (Wildman–Crippen MR) is 74.1 cm³/mol. The zero-order valence-corrected chi connectivity index (χ0v) is 11.1. The van der Waals surface area contributed by atoms with Gasteiger partial charge in [-0.1, -0.05) is 6.92 Å². The van der Waals surface area contributed by atoms with Gasteiger partial charge in [-0.05, 0) is 56.4 Å². The van der Waals surface area contributed by atoms with Gasteiger partial charge < -0.3 is 15.2 Å². The van der Waals surface area contributed by atoms with Crippen molar-refractivity contribution in [3.8, 4) is 5.75 Å². The Bertz CT molecular complexity index is 342. The van der Waals surface area contributed by atoms with Crippen LogP contribution in [0.25, 0.3) is 0 Å². The Kier molecular flexibility index (Phi) is 4.88. The number of rotatable bonds is 5. The average molecular weight is 249 g/mol. The van der Waals surface area contributed by atoms with E-state index in [0.717, 1.165) is 50.1 Å². The van der Waals surface area contributed by atoms with Crippen LogP contribution in [0.5, 0.6) is 5.75 Å². The minimum atomic E-state index is -0.0899. The molecule has 0 amide bonds. The number of hydrogen-bond donors (Lipinski definition) is 2. The molecule has 0 spiro atoms. The summed E-state index contributed by atoms with van der Waals surface area (Å²) in [7, 11) is 0. The molecular formula is C15H23NO2. The first-order chi connectivity index (χ1) is 8.78. The largest absolute Gasteiger partial charge is 0.494 e. The molecule has 0 radical (unpaired) electrons. The van der Waals surface area contributed by atoms with Crippen molar-refractivity contribution in [3.63, 3.8) is 0 Å². The molecule has 0 unspecified atom stereocenters. The van der Waals surface area contributed by atoms with Crippen molar-refractivity contribution >= 4 is 5.69 Å². The van der Waals surface area contributed by atoms with Crippen LogP contribution >= 0.6 is 0 Å². The normalized spacial score (nSPS) is 23.7. The van der Waals surface area contributed by atoms with Gasteiger partial charge in [0.1, 0.15) is 5.75 Å². The summed E-state index contributed by atoms with van der Waals surface area (Å²) < 4.78 is 5.55. The minimum Gasteiger partial charge on any atom is -0.494 e. The number of aliphatic hydroxyl groups excluding tert-OH is 1. The predicted octanol–water partition coefficient (Wildman–Crippen LogP) is 3.19. The molecule has 0 saturated heterocycles. The molecule has 2 rings (SSSR count). The second-order valence-electron chi connectivity index (χ2n) is 5.02. The SMILES string of the molecule is CCCOc1ccc(NC2CCC(O)CC2)cc1. The van der Waals surface area contributed by atoms with Crippen LogP contribution in [0.3, 0.4) is 0 Å². The number of hydrogen-bond acceptors (Lipinski definition) is 3. The van der Waals surface area contributed by atoms with Gasteiger partial charge in [-0.15, -0.1) is 0 Å². The maximum absolute atomic E-state index is 9.47. The van der Waals surface area contributed by atoms with Gasteiger partial charge in [0, 0.05) is 11.7 Å². The van der Waals surface area contributed by atoms with E-state index in [-0.39, 0.29) is 6.10 Å². The third kappa shape index (κ3) is 3.91. The van der Waals surface area contributed by atoms with Gasteiger partial charge in [0.05, 0.1) is 12.7 Å². The van der Waals surface area contributed by atoms with E-state index in [2.05, 4.69) is 24.4 Å². The zero-order valence-electron chi connectivity index (χ0n) is 11.1. The van der Waals surface area contributed by atoms with Crippen molar-refractivity contribution in [2.24, 2.45) is 0 Å². The second-order valence-corrected chi connectivity index (χ2v) is 5.02. The first-order valence-electron chi connectivity index (χ1n) is 6.95. The van der Waals surface area contributed by atoms with Gasteiger partial charge >= 0.3 is 0 Å². The van der Waals surface area contributed by atoms with Crippen molar-refractivity contribution in [2.45, 2.75) is 51.2 Å². The van der Waals surface area contributed by atoms with Crippen LogP contribution in [-0.2, 0) is 0 Å². The maximum atomic E-state index is 9.47. The Morgan fingerprint density at radius 3 is 2.44 bits per heavy atom. The fourth-order valence-corrected chi connectivity index (χ4v) is 2.32. The Balaban J connectivity index is 1.82. The van der Waals surface area contributed by atoms with E-state index in [4.69, 9.17) is 4.74 Å². The smallest absolute Gasteiger partial charge is 0.119 e. The van der Waals surface area contributed by atoms with Gasteiger partial charge in [0.15, 0.2) is 0 Å². The topological polar surface area (TPSA) is 41.5 Å². The Labute approximate surface area is 109 Å². The average Bonchev–Trinajstić information content (AvgIpc) is 2.41. The molecular weight excluding hydrogens is 226 g/mol. The summed E-state index contributed by atoms with van der Waals surface area (Å²) in [5.74, 6) is 0.932. The lowest BCUT2D eigenvalue weighted by molar-refractivity contribution is 0.126. The number of aliphatic hydroxyl groups is 1. The van der Waals surface area contributed by atoms with Crippen molar-refractivity contribution in [3.05, 3.63) is 24.3 Å². The highest BCUT2D eigenvalue weighted by molar-refractivity contribution is 5.47. The third-order valence-electron chi connectivity index (χ3n) is 3.39. The molecule has 1 saturated carbocycles. The maximum Gasteiger partial charge on any atom is 0.119 e. The van der Waals surface area contributed by atoms with Gasteiger partial charge in [-0.25, -0.2) is 0 Å². The monoisotopic (exact) mass is 249 g/mol. The molecule has 0 aromatic heterocycles. The van der Waals surface area contributed by atoms with Gasteiger partial charge in [0.25, 0.3) is 0 Å². The summed E-state index contributed by atoms with van der Waals surface area (Å²) in [5, 5.41) is 13.0. The first kappa shape index (κ1) is 13.2. The Hall–Kier alpha value is -1.22. The van der Waals surface area contributed by atoms with E-state index in [1.54, 1.807) is 0 Å². The minimum absolute atomic E-state index is 0.0899. The van der Waals surface area contributed by atoms with Crippen LogP contribution in [0.1, 0.15) is 39.0 Å². The summed E-state index contributed by atoms with van der Waals surface area (Å²) in [6.07, 6.45) is 4.87. The number of nitrogens with one attached hydrogen (secondary N) is 1.